The Balaban J connectivity index is 3.01. The zero-order chi connectivity index (χ0) is 12.3. The van der Waals surface area contributed by atoms with Gasteiger partial charge in [0.25, 0.3) is 0 Å². The number of rotatable bonds is 4. The lowest BCUT2D eigenvalue weighted by atomic mass is 10.1. The van der Waals surface area contributed by atoms with Crippen LogP contribution in [0.3, 0.4) is 0 Å². The van der Waals surface area contributed by atoms with Crippen molar-refractivity contribution in [3.05, 3.63) is 24.0 Å². The van der Waals surface area contributed by atoms with Gasteiger partial charge in [-0.1, -0.05) is 0 Å². The van der Waals surface area contributed by atoms with E-state index in [9.17, 15) is 9.18 Å². The second-order valence-corrected chi connectivity index (χ2v) is 3.71. The second-order valence-electron chi connectivity index (χ2n) is 3.71. The molecule has 0 aromatic heterocycles. The van der Waals surface area contributed by atoms with Crippen LogP contribution in [0.2, 0.25) is 0 Å². The second kappa shape index (κ2) is 4.38. The molecule has 0 saturated heterocycles. The molecule has 16 heavy (non-hydrogen) atoms. The Morgan fingerprint density at radius 1 is 1.38 bits per heavy atom. The topological polar surface area (TPSA) is 55.8 Å². The van der Waals surface area contributed by atoms with E-state index >= 15 is 0 Å². The highest BCUT2D eigenvalue weighted by Gasteiger charge is 2.30. The molecule has 0 atom stereocenters. The first kappa shape index (κ1) is 12.3. The van der Waals surface area contributed by atoms with Crippen LogP contribution < -0.4 is 9.47 Å². The minimum absolute atomic E-state index is 0.161. The van der Waals surface area contributed by atoms with Crippen molar-refractivity contribution in [2.45, 2.75) is 19.4 Å². The number of halogens is 1. The summed E-state index contributed by atoms with van der Waals surface area (Å²) in [6.45, 7) is 2.80. The van der Waals surface area contributed by atoms with Crippen LogP contribution in [0.25, 0.3) is 0 Å². The van der Waals surface area contributed by atoms with Gasteiger partial charge in [0.15, 0.2) is 17.1 Å². The summed E-state index contributed by atoms with van der Waals surface area (Å²) in [6, 6.07) is 3.64. The Morgan fingerprint density at radius 2 is 2.00 bits per heavy atom. The van der Waals surface area contributed by atoms with E-state index in [1.807, 2.05) is 0 Å². The molecular weight excluding hydrogens is 215 g/mol. The highest BCUT2D eigenvalue weighted by molar-refractivity contribution is 5.76. The van der Waals surface area contributed by atoms with E-state index in [4.69, 9.17) is 14.6 Å². The molecule has 1 rings (SSSR count). The van der Waals surface area contributed by atoms with E-state index in [1.54, 1.807) is 0 Å². The molecule has 1 aromatic carbocycles. The third kappa shape index (κ3) is 2.62. The van der Waals surface area contributed by atoms with Gasteiger partial charge in [0, 0.05) is 6.07 Å². The maximum absolute atomic E-state index is 12.9. The molecule has 0 fully saturated rings. The lowest BCUT2D eigenvalue weighted by Gasteiger charge is -2.22. The van der Waals surface area contributed by atoms with E-state index in [0.717, 1.165) is 6.07 Å². The molecule has 0 unspecified atom stereocenters. The first-order chi connectivity index (χ1) is 7.36. The Kier molecular flexibility index (Phi) is 3.37. The first-order valence-corrected chi connectivity index (χ1v) is 4.63. The van der Waals surface area contributed by atoms with Crippen LogP contribution in [0.15, 0.2) is 18.2 Å². The lowest BCUT2D eigenvalue weighted by molar-refractivity contribution is -0.152. The number of carboxylic acids is 1. The minimum atomic E-state index is -1.40. The van der Waals surface area contributed by atoms with E-state index < -0.39 is 17.4 Å². The summed E-state index contributed by atoms with van der Waals surface area (Å²) in [5.74, 6) is -1.23. The van der Waals surface area contributed by atoms with Crippen molar-refractivity contribution in [3.63, 3.8) is 0 Å². The summed E-state index contributed by atoms with van der Waals surface area (Å²) in [7, 11) is 1.36. The number of hydrogen-bond acceptors (Lipinski definition) is 3. The third-order valence-corrected chi connectivity index (χ3v) is 2.01. The molecule has 5 heteroatoms. The van der Waals surface area contributed by atoms with Crippen molar-refractivity contribution in [1.82, 2.24) is 0 Å². The van der Waals surface area contributed by atoms with Gasteiger partial charge in [0.05, 0.1) is 7.11 Å². The molecule has 0 heterocycles. The monoisotopic (exact) mass is 228 g/mol. The molecule has 0 saturated carbocycles. The van der Waals surface area contributed by atoms with Crippen LogP contribution in [0.4, 0.5) is 4.39 Å². The predicted octanol–water partition coefficient (Wildman–Crippen LogP) is 2.08. The van der Waals surface area contributed by atoms with Gasteiger partial charge in [-0.15, -0.1) is 0 Å². The van der Waals surface area contributed by atoms with Gasteiger partial charge in [0.1, 0.15) is 5.82 Å². The Bertz CT molecular complexity index is 401. The molecule has 88 valence electrons. The SMILES string of the molecule is COc1cc(F)ccc1OC(C)(C)C(=O)O. The fourth-order valence-corrected chi connectivity index (χ4v) is 1.04. The van der Waals surface area contributed by atoms with Gasteiger partial charge in [-0.2, -0.15) is 0 Å². The first-order valence-electron chi connectivity index (χ1n) is 4.63. The van der Waals surface area contributed by atoms with Gasteiger partial charge in [-0.25, -0.2) is 9.18 Å². The van der Waals surface area contributed by atoms with Crippen molar-refractivity contribution in [1.29, 1.82) is 0 Å². The maximum Gasteiger partial charge on any atom is 0.347 e. The molecule has 0 aliphatic heterocycles. The molecule has 0 spiro atoms. The zero-order valence-electron chi connectivity index (χ0n) is 9.28. The van der Waals surface area contributed by atoms with Crippen molar-refractivity contribution >= 4 is 5.97 Å². The maximum atomic E-state index is 12.9. The van der Waals surface area contributed by atoms with Gasteiger partial charge in [0.2, 0.25) is 0 Å². The number of benzene rings is 1. The molecule has 4 nitrogen and oxygen atoms in total. The number of hydrogen-bond donors (Lipinski definition) is 1. The van der Waals surface area contributed by atoms with Crippen LogP contribution in [-0.4, -0.2) is 23.8 Å². The van der Waals surface area contributed by atoms with Crippen LogP contribution in [0, 0.1) is 5.82 Å². The van der Waals surface area contributed by atoms with Crippen LogP contribution in [0.5, 0.6) is 11.5 Å². The number of aliphatic carboxylic acids is 1. The van der Waals surface area contributed by atoms with Crippen molar-refractivity contribution < 1.29 is 23.8 Å². The summed E-state index contributed by atoms with van der Waals surface area (Å²) in [5.41, 5.74) is -1.40. The van der Waals surface area contributed by atoms with E-state index in [2.05, 4.69) is 0 Å². The molecule has 1 N–H and O–H groups in total. The minimum Gasteiger partial charge on any atom is -0.493 e. The third-order valence-electron chi connectivity index (χ3n) is 2.01. The van der Waals surface area contributed by atoms with Crippen LogP contribution in [-0.2, 0) is 4.79 Å². The number of carbonyl (C=O) groups is 1. The average molecular weight is 228 g/mol. The Labute approximate surface area is 92.6 Å². The molecular formula is C11H13FO4. The molecule has 0 aliphatic carbocycles. The van der Waals surface area contributed by atoms with Gasteiger partial charge >= 0.3 is 5.97 Å². The molecule has 0 radical (unpaired) electrons. The largest absolute Gasteiger partial charge is 0.493 e. The average Bonchev–Trinajstić information content (AvgIpc) is 2.20. The fourth-order valence-electron chi connectivity index (χ4n) is 1.04. The van der Waals surface area contributed by atoms with Crippen LogP contribution in [0.1, 0.15) is 13.8 Å². The molecule has 0 amide bonds. The lowest BCUT2D eigenvalue weighted by Crippen LogP contribution is -2.37. The summed E-state index contributed by atoms with van der Waals surface area (Å²) >= 11 is 0. The number of ether oxygens (including phenoxy) is 2. The standard InChI is InChI=1S/C11H13FO4/c1-11(2,10(13)14)16-8-5-4-7(12)6-9(8)15-3/h4-6H,1-3H3,(H,13,14). The van der Waals surface area contributed by atoms with Gasteiger partial charge in [-0.3, -0.25) is 0 Å². The normalized spacial score (nSPS) is 11.0. The molecule has 0 aliphatic rings. The van der Waals surface area contributed by atoms with Gasteiger partial charge in [-0.05, 0) is 26.0 Å². The summed E-state index contributed by atoms with van der Waals surface area (Å²) in [4.78, 5) is 10.9. The smallest absolute Gasteiger partial charge is 0.347 e. The highest BCUT2D eigenvalue weighted by Crippen LogP contribution is 2.30. The van der Waals surface area contributed by atoms with Crippen LogP contribution >= 0.6 is 0 Å². The fraction of sp³-hybridized carbons (Fsp3) is 0.364. The molecule has 0 bridgehead atoms. The summed E-state index contributed by atoms with van der Waals surface area (Å²) in [5, 5.41) is 8.88. The summed E-state index contributed by atoms with van der Waals surface area (Å²) < 4.78 is 23.0. The van der Waals surface area contributed by atoms with Gasteiger partial charge < -0.3 is 14.6 Å². The highest BCUT2D eigenvalue weighted by atomic mass is 19.1. The van der Waals surface area contributed by atoms with Crippen molar-refractivity contribution in [2.75, 3.05) is 7.11 Å². The predicted molar refractivity (Wildman–Crippen MR) is 55.3 cm³/mol. The van der Waals surface area contributed by atoms with Crippen molar-refractivity contribution in [2.24, 2.45) is 0 Å². The Hall–Kier alpha value is -1.78. The Morgan fingerprint density at radius 3 is 2.50 bits per heavy atom. The van der Waals surface area contributed by atoms with E-state index in [-0.39, 0.29) is 11.5 Å². The quantitative estimate of drug-likeness (QED) is 0.857. The number of carboxylic acid groups (broad SMARTS) is 1. The van der Waals surface area contributed by atoms with E-state index in [0.29, 0.717) is 0 Å². The van der Waals surface area contributed by atoms with Crippen molar-refractivity contribution in [3.8, 4) is 11.5 Å². The van der Waals surface area contributed by atoms with E-state index in [1.165, 1.54) is 33.1 Å². The summed E-state index contributed by atoms with van der Waals surface area (Å²) in [6.07, 6.45) is 0. The number of methoxy groups -OCH3 is 1. The zero-order valence-corrected chi connectivity index (χ0v) is 9.28. The molecule has 1 aromatic rings.